The molecule has 0 bridgehead atoms. The second-order valence-corrected chi connectivity index (χ2v) is 4.65. The maximum absolute atomic E-state index is 12.1. The molecule has 0 radical (unpaired) electrons. The summed E-state index contributed by atoms with van der Waals surface area (Å²) in [4.78, 5) is 23.1. The minimum absolute atomic E-state index is 0.183. The molecule has 1 aromatic heterocycles. The second kappa shape index (κ2) is 6.74. The van der Waals surface area contributed by atoms with E-state index in [-0.39, 0.29) is 12.2 Å². The summed E-state index contributed by atoms with van der Waals surface area (Å²) in [5.74, 6) is -0.476. The van der Waals surface area contributed by atoms with Crippen LogP contribution in [-0.2, 0) is 11.2 Å². The molecule has 1 amide bonds. The van der Waals surface area contributed by atoms with Crippen molar-refractivity contribution in [2.45, 2.75) is 25.8 Å². The minimum Gasteiger partial charge on any atom is -0.481 e. The van der Waals surface area contributed by atoms with E-state index in [1.165, 1.54) is 0 Å². The lowest BCUT2D eigenvalue weighted by molar-refractivity contribution is -0.137. The van der Waals surface area contributed by atoms with Gasteiger partial charge in [-0.25, -0.2) is 0 Å². The van der Waals surface area contributed by atoms with Crippen LogP contribution in [0.2, 0.25) is 0 Å². The summed E-state index contributed by atoms with van der Waals surface area (Å²) >= 11 is 0. The highest BCUT2D eigenvalue weighted by Crippen LogP contribution is 2.18. The first-order valence-electron chi connectivity index (χ1n) is 6.76. The van der Waals surface area contributed by atoms with Crippen molar-refractivity contribution in [1.82, 2.24) is 5.32 Å². The van der Waals surface area contributed by atoms with Crippen LogP contribution in [0.1, 0.15) is 41.3 Å². The van der Waals surface area contributed by atoms with Crippen LogP contribution in [0.5, 0.6) is 0 Å². The van der Waals surface area contributed by atoms with E-state index in [9.17, 15) is 9.59 Å². The first kappa shape index (κ1) is 14.8. The number of furan rings is 1. The minimum atomic E-state index is -0.974. The molecule has 0 saturated carbocycles. The average molecular weight is 287 g/mol. The molecule has 0 spiro atoms. The Morgan fingerprint density at radius 3 is 2.48 bits per heavy atom. The van der Waals surface area contributed by atoms with Crippen molar-refractivity contribution >= 4 is 11.9 Å². The normalized spacial score (nSPS) is 11.9. The average Bonchev–Trinajstić information content (AvgIpc) is 2.96. The summed E-state index contributed by atoms with van der Waals surface area (Å²) < 4.78 is 5.38. The van der Waals surface area contributed by atoms with Gasteiger partial charge >= 0.3 is 5.97 Å². The van der Waals surface area contributed by atoms with E-state index in [0.717, 1.165) is 11.3 Å². The SMILES string of the molecule is CCc1ccc(C(=O)NC(CC(=O)O)c2ccccc2)o1. The van der Waals surface area contributed by atoms with Gasteiger partial charge in [-0.05, 0) is 17.7 Å². The fourth-order valence-electron chi connectivity index (χ4n) is 2.03. The third-order valence-corrected chi connectivity index (χ3v) is 3.12. The standard InChI is InChI=1S/C16H17NO4/c1-2-12-8-9-14(21-12)16(20)17-13(10-15(18)19)11-6-4-3-5-7-11/h3-9,13H,2,10H2,1H3,(H,17,20)(H,18,19). The predicted octanol–water partition coefficient (Wildman–Crippen LogP) is 2.79. The number of hydrogen-bond acceptors (Lipinski definition) is 3. The van der Waals surface area contributed by atoms with Crippen LogP contribution in [0.4, 0.5) is 0 Å². The molecule has 5 heteroatoms. The van der Waals surface area contributed by atoms with E-state index in [0.29, 0.717) is 6.42 Å². The molecule has 21 heavy (non-hydrogen) atoms. The molecule has 5 nitrogen and oxygen atoms in total. The van der Waals surface area contributed by atoms with Crippen molar-refractivity contribution in [3.8, 4) is 0 Å². The zero-order valence-corrected chi connectivity index (χ0v) is 11.7. The number of carboxylic acid groups (broad SMARTS) is 1. The number of carbonyl (C=O) groups is 2. The quantitative estimate of drug-likeness (QED) is 0.856. The molecular weight excluding hydrogens is 270 g/mol. The molecule has 2 rings (SSSR count). The van der Waals surface area contributed by atoms with Gasteiger partial charge in [0.25, 0.3) is 5.91 Å². The molecule has 0 saturated heterocycles. The van der Waals surface area contributed by atoms with Crippen LogP contribution < -0.4 is 5.32 Å². The number of hydrogen-bond donors (Lipinski definition) is 2. The smallest absolute Gasteiger partial charge is 0.305 e. The molecule has 1 unspecified atom stereocenters. The van der Waals surface area contributed by atoms with Crippen LogP contribution in [0, 0.1) is 0 Å². The van der Waals surface area contributed by atoms with Crippen molar-refractivity contribution in [1.29, 1.82) is 0 Å². The van der Waals surface area contributed by atoms with Crippen LogP contribution in [0.15, 0.2) is 46.9 Å². The Labute approximate surface area is 122 Å². The second-order valence-electron chi connectivity index (χ2n) is 4.65. The van der Waals surface area contributed by atoms with Gasteiger partial charge in [-0.15, -0.1) is 0 Å². The van der Waals surface area contributed by atoms with Crippen molar-refractivity contribution in [3.63, 3.8) is 0 Å². The van der Waals surface area contributed by atoms with Gasteiger partial charge in [-0.3, -0.25) is 9.59 Å². The summed E-state index contributed by atoms with van der Waals surface area (Å²) in [7, 11) is 0. The summed E-state index contributed by atoms with van der Waals surface area (Å²) in [5.41, 5.74) is 0.746. The number of carboxylic acids is 1. The monoisotopic (exact) mass is 287 g/mol. The number of rotatable bonds is 6. The molecule has 0 aliphatic heterocycles. The first-order valence-corrected chi connectivity index (χ1v) is 6.76. The Morgan fingerprint density at radius 2 is 1.90 bits per heavy atom. The van der Waals surface area contributed by atoms with E-state index < -0.39 is 17.9 Å². The van der Waals surface area contributed by atoms with E-state index in [1.54, 1.807) is 36.4 Å². The van der Waals surface area contributed by atoms with Crippen LogP contribution in [0.3, 0.4) is 0 Å². The molecule has 1 aromatic carbocycles. The molecule has 0 aliphatic carbocycles. The number of nitrogens with one attached hydrogen (secondary N) is 1. The molecule has 0 fully saturated rings. The predicted molar refractivity (Wildman–Crippen MR) is 77.0 cm³/mol. The highest BCUT2D eigenvalue weighted by atomic mass is 16.4. The van der Waals surface area contributed by atoms with E-state index >= 15 is 0 Å². The van der Waals surface area contributed by atoms with Crippen LogP contribution in [0.25, 0.3) is 0 Å². The summed E-state index contributed by atoms with van der Waals surface area (Å²) in [5, 5.41) is 11.7. The van der Waals surface area contributed by atoms with Gasteiger partial charge in [0.15, 0.2) is 5.76 Å². The Bertz CT molecular complexity index is 618. The lowest BCUT2D eigenvalue weighted by Gasteiger charge is -2.16. The maximum Gasteiger partial charge on any atom is 0.305 e. The Morgan fingerprint density at radius 1 is 1.19 bits per heavy atom. The van der Waals surface area contributed by atoms with Gasteiger partial charge in [0.1, 0.15) is 5.76 Å². The lowest BCUT2D eigenvalue weighted by Crippen LogP contribution is -2.29. The van der Waals surface area contributed by atoms with Gasteiger partial charge in [0, 0.05) is 6.42 Å². The van der Waals surface area contributed by atoms with Crippen molar-refractivity contribution in [2.75, 3.05) is 0 Å². The first-order chi connectivity index (χ1) is 10.1. The number of benzene rings is 1. The van der Waals surface area contributed by atoms with E-state index in [2.05, 4.69) is 5.32 Å². The maximum atomic E-state index is 12.1. The van der Waals surface area contributed by atoms with Crippen molar-refractivity contribution in [3.05, 3.63) is 59.5 Å². The number of aliphatic carboxylic acids is 1. The van der Waals surface area contributed by atoms with Gasteiger partial charge < -0.3 is 14.8 Å². The topological polar surface area (TPSA) is 79.5 Å². The molecule has 2 N–H and O–H groups in total. The van der Waals surface area contributed by atoms with Crippen molar-refractivity contribution in [2.24, 2.45) is 0 Å². The summed E-state index contributed by atoms with van der Waals surface area (Å²) in [6.45, 7) is 1.93. The Balaban J connectivity index is 2.14. The highest BCUT2D eigenvalue weighted by molar-refractivity contribution is 5.92. The Hall–Kier alpha value is -2.56. The molecule has 0 aliphatic rings. The van der Waals surface area contributed by atoms with Crippen LogP contribution in [-0.4, -0.2) is 17.0 Å². The highest BCUT2D eigenvalue weighted by Gasteiger charge is 2.20. The third-order valence-electron chi connectivity index (χ3n) is 3.12. The van der Waals surface area contributed by atoms with Crippen LogP contribution >= 0.6 is 0 Å². The number of aryl methyl sites for hydroxylation is 1. The molecule has 1 atom stereocenters. The van der Waals surface area contributed by atoms with Gasteiger partial charge in [-0.2, -0.15) is 0 Å². The largest absolute Gasteiger partial charge is 0.481 e. The number of amides is 1. The number of carbonyl (C=O) groups excluding carboxylic acids is 1. The third kappa shape index (κ3) is 3.95. The van der Waals surface area contributed by atoms with Crippen molar-refractivity contribution < 1.29 is 19.1 Å². The zero-order valence-electron chi connectivity index (χ0n) is 11.7. The molecule has 110 valence electrons. The van der Waals surface area contributed by atoms with E-state index in [4.69, 9.17) is 9.52 Å². The fraction of sp³-hybridized carbons (Fsp3) is 0.250. The van der Waals surface area contributed by atoms with Gasteiger partial charge in [0.2, 0.25) is 0 Å². The fourth-order valence-corrected chi connectivity index (χ4v) is 2.03. The van der Waals surface area contributed by atoms with E-state index in [1.807, 2.05) is 13.0 Å². The molecular formula is C16H17NO4. The summed E-state index contributed by atoms with van der Waals surface area (Å²) in [6.07, 6.45) is 0.515. The Kier molecular flexibility index (Phi) is 4.77. The van der Waals surface area contributed by atoms with Gasteiger partial charge in [-0.1, -0.05) is 37.3 Å². The lowest BCUT2D eigenvalue weighted by atomic mass is 10.0. The van der Waals surface area contributed by atoms with Gasteiger partial charge in [0.05, 0.1) is 12.5 Å². The zero-order chi connectivity index (χ0) is 15.2. The molecule has 2 aromatic rings. The molecule has 1 heterocycles. The summed E-state index contributed by atoms with van der Waals surface area (Å²) in [6, 6.07) is 11.8.